The number of aromatic nitrogens is 2. The number of rotatable bonds is 5. The number of hydrogen-bond acceptors (Lipinski definition) is 2. The lowest BCUT2D eigenvalue weighted by Gasteiger charge is -2.06. The van der Waals surface area contributed by atoms with Gasteiger partial charge in [-0.1, -0.05) is 18.5 Å². The van der Waals surface area contributed by atoms with Gasteiger partial charge in [0.1, 0.15) is 5.82 Å². The van der Waals surface area contributed by atoms with E-state index < -0.39 is 0 Å². The van der Waals surface area contributed by atoms with Gasteiger partial charge in [-0.25, -0.2) is 4.98 Å². The van der Waals surface area contributed by atoms with Gasteiger partial charge in [-0.15, -0.1) is 0 Å². The van der Waals surface area contributed by atoms with Crippen LogP contribution in [0, 0.1) is 0 Å². The van der Waals surface area contributed by atoms with Gasteiger partial charge in [-0.2, -0.15) is 0 Å². The van der Waals surface area contributed by atoms with Crippen molar-refractivity contribution in [2.45, 2.75) is 33.4 Å². The van der Waals surface area contributed by atoms with Gasteiger partial charge in [0.25, 0.3) is 0 Å². The van der Waals surface area contributed by atoms with E-state index in [1.165, 1.54) is 0 Å². The Morgan fingerprint density at radius 1 is 1.35 bits per heavy atom. The normalized spacial score (nSPS) is 11.2. The van der Waals surface area contributed by atoms with Crippen molar-refractivity contribution in [2.24, 2.45) is 0 Å². The molecule has 0 unspecified atom stereocenters. The number of nitrogens with zero attached hydrogens (tertiary/aromatic N) is 2. The molecule has 0 bridgehead atoms. The smallest absolute Gasteiger partial charge is 0.123 e. The first-order valence-corrected chi connectivity index (χ1v) is 6.49. The van der Waals surface area contributed by atoms with Crippen LogP contribution in [0.2, 0.25) is 5.02 Å². The van der Waals surface area contributed by atoms with Gasteiger partial charge in [-0.05, 0) is 38.1 Å². The van der Waals surface area contributed by atoms with E-state index in [-0.39, 0.29) is 0 Å². The van der Waals surface area contributed by atoms with Crippen molar-refractivity contribution in [3.63, 3.8) is 0 Å². The second-order valence-corrected chi connectivity index (χ2v) is 4.52. The highest BCUT2D eigenvalue weighted by molar-refractivity contribution is 6.31. The average Bonchev–Trinajstić information content (AvgIpc) is 2.66. The zero-order chi connectivity index (χ0) is 12.3. The zero-order valence-electron chi connectivity index (χ0n) is 10.3. The van der Waals surface area contributed by atoms with Gasteiger partial charge < -0.3 is 9.88 Å². The molecule has 92 valence electrons. The van der Waals surface area contributed by atoms with E-state index in [2.05, 4.69) is 28.7 Å². The van der Waals surface area contributed by atoms with Crippen LogP contribution in [0.4, 0.5) is 0 Å². The van der Waals surface area contributed by atoms with Crippen LogP contribution >= 0.6 is 11.6 Å². The molecule has 0 amide bonds. The quantitative estimate of drug-likeness (QED) is 0.827. The molecule has 2 rings (SSSR count). The first-order chi connectivity index (χ1) is 8.26. The highest BCUT2D eigenvalue weighted by atomic mass is 35.5. The van der Waals surface area contributed by atoms with Crippen LogP contribution in [0.25, 0.3) is 11.0 Å². The Hall–Kier alpha value is -1.06. The number of benzene rings is 1. The summed E-state index contributed by atoms with van der Waals surface area (Å²) in [6.07, 6.45) is 1.14. The lowest BCUT2D eigenvalue weighted by Crippen LogP contribution is -2.17. The number of hydrogen-bond donors (Lipinski definition) is 1. The summed E-state index contributed by atoms with van der Waals surface area (Å²) >= 11 is 5.99. The molecule has 1 heterocycles. The number of nitrogens with one attached hydrogen (secondary N) is 1. The molecule has 4 heteroatoms. The molecule has 3 nitrogen and oxygen atoms in total. The molecular formula is C13H18ClN3. The summed E-state index contributed by atoms with van der Waals surface area (Å²) in [5, 5.41) is 4.13. The largest absolute Gasteiger partial charge is 0.327 e. The standard InChI is InChI=1S/C13H18ClN3/c1-3-7-15-9-13-16-11-8-10(14)5-6-12(11)17(13)4-2/h5-6,8,15H,3-4,7,9H2,1-2H3. The molecule has 0 saturated carbocycles. The van der Waals surface area contributed by atoms with Crippen LogP contribution in [0.3, 0.4) is 0 Å². The van der Waals surface area contributed by atoms with E-state index in [0.29, 0.717) is 0 Å². The maximum atomic E-state index is 5.99. The molecule has 0 saturated heterocycles. The molecule has 0 atom stereocenters. The molecule has 0 fully saturated rings. The highest BCUT2D eigenvalue weighted by Gasteiger charge is 2.08. The minimum absolute atomic E-state index is 0.742. The fourth-order valence-corrected chi connectivity index (χ4v) is 2.18. The number of imidazole rings is 1. The van der Waals surface area contributed by atoms with Crippen molar-refractivity contribution in [2.75, 3.05) is 6.54 Å². The van der Waals surface area contributed by atoms with E-state index in [1.807, 2.05) is 18.2 Å². The minimum Gasteiger partial charge on any atom is -0.327 e. The summed E-state index contributed by atoms with van der Waals surface area (Å²) < 4.78 is 2.23. The maximum absolute atomic E-state index is 5.99. The third-order valence-corrected chi connectivity index (χ3v) is 3.05. The predicted molar refractivity (Wildman–Crippen MR) is 72.4 cm³/mol. The van der Waals surface area contributed by atoms with Crippen LogP contribution in [0.5, 0.6) is 0 Å². The monoisotopic (exact) mass is 251 g/mol. The Labute approximate surface area is 107 Å². The molecule has 0 spiro atoms. The number of fused-ring (bicyclic) bond motifs is 1. The summed E-state index contributed by atoms with van der Waals surface area (Å²) in [4.78, 5) is 4.63. The molecule has 1 aromatic heterocycles. The molecule has 1 aromatic carbocycles. The Kier molecular flexibility index (Phi) is 4.02. The molecule has 2 aromatic rings. The zero-order valence-corrected chi connectivity index (χ0v) is 11.1. The van der Waals surface area contributed by atoms with Crippen LogP contribution in [0.15, 0.2) is 18.2 Å². The average molecular weight is 252 g/mol. The van der Waals surface area contributed by atoms with Crippen molar-refractivity contribution < 1.29 is 0 Å². The minimum atomic E-state index is 0.742. The summed E-state index contributed by atoms with van der Waals surface area (Å²) in [5.41, 5.74) is 2.14. The third-order valence-electron chi connectivity index (χ3n) is 2.82. The van der Waals surface area contributed by atoms with E-state index in [4.69, 9.17) is 11.6 Å². The second kappa shape index (κ2) is 5.52. The van der Waals surface area contributed by atoms with E-state index in [0.717, 1.165) is 47.9 Å². The summed E-state index contributed by atoms with van der Waals surface area (Å²) in [7, 11) is 0. The van der Waals surface area contributed by atoms with E-state index in [9.17, 15) is 0 Å². The number of halogens is 1. The molecule has 0 aliphatic heterocycles. The van der Waals surface area contributed by atoms with E-state index >= 15 is 0 Å². The Morgan fingerprint density at radius 3 is 2.88 bits per heavy atom. The topological polar surface area (TPSA) is 29.9 Å². The van der Waals surface area contributed by atoms with Gasteiger partial charge in [0.2, 0.25) is 0 Å². The van der Waals surface area contributed by atoms with Crippen LogP contribution in [-0.4, -0.2) is 16.1 Å². The molecule has 0 aliphatic rings. The Bertz CT molecular complexity index is 505. The number of aryl methyl sites for hydroxylation is 1. The second-order valence-electron chi connectivity index (χ2n) is 4.08. The molecule has 0 radical (unpaired) electrons. The van der Waals surface area contributed by atoms with Crippen molar-refractivity contribution in [1.82, 2.24) is 14.9 Å². The SMILES string of the molecule is CCCNCc1nc2cc(Cl)ccc2n1CC. The highest BCUT2D eigenvalue weighted by Crippen LogP contribution is 2.20. The van der Waals surface area contributed by atoms with Gasteiger partial charge in [0.15, 0.2) is 0 Å². The van der Waals surface area contributed by atoms with Crippen molar-refractivity contribution in [1.29, 1.82) is 0 Å². The summed E-state index contributed by atoms with van der Waals surface area (Å²) in [5.74, 6) is 1.08. The van der Waals surface area contributed by atoms with Crippen molar-refractivity contribution in [3.8, 4) is 0 Å². The third kappa shape index (κ3) is 2.61. The van der Waals surface area contributed by atoms with Gasteiger partial charge in [0.05, 0.1) is 17.6 Å². The molecule has 1 N–H and O–H groups in total. The lowest BCUT2D eigenvalue weighted by atomic mass is 10.3. The maximum Gasteiger partial charge on any atom is 0.123 e. The first kappa shape index (κ1) is 12.4. The van der Waals surface area contributed by atoms with Crippen LogP contribution < -0.4 is 5.32 Å². The molecule has 0 aliphatic carbocycles. The first-order valence-electron chi connectivity index (χ1n) is 6.11. The Balaban J connectivity index is 2.34. The summed E-state index contributed by atoms with van der Waals surface area (Å²) in [6.45, 7) is 7.07. The van der Waals surface area contributed by atoms with Crippen LogP contribution in [0.1, 0.15) is 26.1 Å². The molecule has 17 heavy (non-hydrogen) atoms. The van der Waals surface area contributed by atoms with Crippen molar-refractivity contribution >= 4 is 22.6 Å². The van der Waals surface area contributed by atoms with Gasteiger partial charge in [0, 0.05) is 11.6 Å². The van der Waals surface area contributed by atoms with Crippen LogP contribution in [-0.2, 0) is 13.1 Å². The fraction of sp³-hybridized carbons (Fsp3) is 0.462. The van der Waals surface area contributed by atoms with E-state index in [1.54, 1.807) is 0 Å². The predicted octanol–water partition coefficient (Wildman–Crippen LogP) is 3.21. The van der Waals surface area contributed by atoms with Gasteiger partial charge >= 0.3 is 0 Å². The fourth-order valence-electron chi connectivity index (χ4n) is 2.02. The van der Waals surface area contributed by atoms with Gasteiger partial charge in [-0.3, -0.25) is 0 Å². The Morgan fingerprint density at radius 2 is 2.18 bits per heavy atom. The summed E-state index contributed by atoms with van der Waals surface area (Å²) in [6, 6.07) is 5.88. The molecular weight excluding hydrogens is 234 g/mol. The lowest BCUT2D eigenvalue weighted by molar-refractivity contribution is 0.615. The van der Waals surface area contributed by atoms with Crippen molar-refractivity contribution in [3.05, 3.63) is 29.0 Å².